The van der Waals surface area contributed by atoms with Gasteiger partial charge in [0.05, 0.1) is 27.7 Å². The van der Waals surface area contributed by atoms with Crippen LogP contribution in [-0.2, 0) is 35.1 Å². The molecule has 0 spiro atoms. The summed E-state index contributed by atoms with van der Waals surface area (Å²) < 4.78 is 96.8. The van der Waals surface area contributed by atoms with Crippen LogP contribution in [0, 0.1) is 6.92 Å². The molecule has 0 fully saturated rings. The fraction of sp³-hybridized carbons (Fsp3) is 0.0857. The second-order valence-corrected chi connectivity index (χ2v) is 16.1. The van der Waals surface area contributed by atoms with Gasteiger partial charge < -0.3 is 4.18 Å². The van der Waals surface area contributed by atoms with Gasteiger partial charge in [0.2, 0.25) is 0 Å². The van der Waals surface area contributed by atoms with Crippen LogP contribution < -0.4 is 9.19 Å². The van der Waals surface area contributed by atoms with Crippen LogP contribution in [0.3, 0.4) is 0 Å². The molecule has 1 heterocycles. The third-order valence-electron chi connectivity index (χ3n) is 7.83. The summed E-state index contributed by atoms with van der Waals surface area (Å²) in [4.78, 5) is 12.2. The normalized spacial score (nSPS) is 15.3. The number of carbonyl (C=O) groups excluding carboxylic acids is 1. The molecule has 1 aliphatic heterocycles. The van der Waals surface area contributed by atoms with E-state index in [4.69, 9.17) is 4.18 Å². The Labute approximate surface area is 309 Å². The van der Waals surface area contributed by atoms with E-state index in [2.05, 4.69) is 25.6 Å². The molecule has 2 N–H and O–H groups in total. The summed E-state index contributed by atoms with van der Waals surface area (Å²) in [6.07, 6.45) is 0. The minimum Gasteiger partial charge on any atom is -0.379 e. The van der Waals surface area contributed by atoms with E-state index in [1.165, 1.54) is 60.7 Å². The van der Waals surface area contributed by atoms with Crippen LogP contribution in [0.4, 0.5) is 22.7 Å². The van der Waals surface area contributed by atoms with Gasteiger partial charge in [-0.1, -0.05) is 35.9 Å². The summed E-state index contributed by atoms with van der Waals surface area (Å²) in [6.45, 7) is 3.41. The molecule has 6 rings (SSSR count). The summed E-state index contributed by atoms with van der Waals surface area (Å²) in [7, 11) is -13.2. The molecular weight excluding hydrogens is 761 g/mol. The number of hydrogen-bond acceptors (Lipinski definition) is 13. The van der Waals surface area contributed by atoms with E-state index >= 15 is 0 Å². The summed E-state index contributed by atoms with van der Waals surface area (Å²) in [5.41, 5.74) is 2.89. The average molecular weight is 789 g/mol. The van der Waals surface area contributed by atoms with Gasteiger partial charge in [0, 0.05) is 0 Å². The largest absolute Gasteiger partial charge is 0.379 e. The second-order valence-electron chi connectivity index (χ2n) is 11.7. The molecule has 0 bridgehead atoms. The van der Waals surface area contributed by atoms with Crippen molar-refractivity contribution >= 4 is 64.7 Å². The van der Waals surface area contributed by atoms with E-state index in [1.54, 1.807) is 49.4 Å². The van der Waals surface area contributed by atoms with Gasteiger partial charge in [0.25, 0.3) is 26.1 Å². The minimum absolute atomic E-state index is 0.0102. The van der Waals surface area contributed by atoms with Crippen molar-refractivity contribution < 1.29 is 43.3 Å². The first-order chi connectivity index (χ1) is 25.5. The maximum atomic E-state index is 13.0. The van der Waals surface area contributed by atoms with Crippen molar-refractivity contribution in [1.29, 1.82) is 0 Å². The first kappa shape index (κ1) is 37.8. The highest BCUT2D eigenvalue weighted by Crippen LogP contribution is 2.33. The molecule has 0 aliphatic carbocycles. The molecule has 5 aromatic rings. The summed E-state index contributed by atoms with van der Waals surface area (Å²) in [5, 5.41) is 21.5. The first-order valence-electron chi connectivity index (χ1n) is 15.6. The molecule has 54 heavy (non-hydrogen) atoms. The quantitative estimate of drug-likeness (QED) is 0.0775. The Morgan fingerprint density at radius 1 is 0.648 bits per heavy atom. The molecule has 16 nitrogen and oxygen atoms in total. The van der Waals surface area contributed by atoms with Gasteiger partial charge in [0.1, 0.15) is 21.2 Å². The van der Waals surface area contributed by atoms with Crippen LogP contribution in [0.25, 0.3) is 11.1 Å². The third-order valence-corrected chi connectivity index (χ3v) is 10.8. The fourth-order valence-corrected chi connectivity index (χ4v) is 7.08. The Bertz CT molecular complexity index is 2670. The highest BCUT2D eigenvalue weighted by Gasteiger charge is 2.35. The van der Waals surface area contributed by atoms with E-state index in [0.29, 0.717) is 22.5 Å². The van der Waals surface area contributed by atoms with Gasteiger partial charge in [0.15, 0.2) is 6.04 Å². The van der Waals surface area contributed by atoms with E-state index in [-0.39, 0.29) is 32.6 Å². The van der Waals surface area contributed by atoms with E-state index < -0.39 is 47.2 Å². The number of hydrazone groups is 1. The highest BCUT2D eigenvalue weighted by molar-refractivity contribution is 7.87. The third kappa shape index (κ3) is 8.62. The molecule has 276 valence electrons. The zero-order chi connectivity index (χ0) is 38.8. The molecule has 0 saturated carbocycles. The molecule has 1 aliphatic rings. The lowest BCUT2D eigenvalue weighted by Crippen LogP contribution is -2.29. The van der Waals surface area contributed by atoms with Crippen LogP contribution in [-0.4, -0.2) is 52.0 Å². The van der Waals surface area contributed by atoms with Crippen molar-refractivity contribution in [1.82, 2.24) is 0 Å². The second kappa shape index (κ2) is 14.8. The number of amides is 1. The summed E-state index contributed by atoms with van der Waals surface area (Å²) in [5.74, 6) is -0.505. The van der Waals surface area contributed by atoms with Crippen LogP contribution in [0.5, 0.6) is 5.75 Å². The zero-order valence-corrected chi connectivity index (χ0v) is 30.6. The van der Waals surface area contributed by atoms with Gasteiger partial charge in [-0.2, -0.15) is 50.7 Å². The number of rotatable bonds is 11. The van der Waals surface area contributed by atoms with Gasteiger partial charge in [-0.15, -0.1) is 5.11 Å². The predicted octanol–water partition coefficient (Wildman–Crippen LogP) is 7.21. The zero-order valence-electron chi connectivity index (χ0n) is 28.1. The average Bonchev–Trinajstić information content (AvgIpc) is 3.42. The van der Waals surface area contributed by atoms with Crippen LogP contribution >= 0.6 is 0 Å². The van der Waals surface area contributed by atoms with Crippen molar-refractivity contribution in [3.05, 3.63) is 121 Å². The molecule has 0 radical (unpaired) electrons. The number of aryl methyl sites for hydroxylation is 1. The van der Waals surface area contributed by atoms with Crippen molar-refractivity contribution in [3.63, 3.8) is 0 Å². The molecular formula is C35H28N6O10S3. The van der Waals surface area contributed by atoms with Gasteiger partial charge in [-0.25, -0.2) is 0 Å². The molecule has 5 aromatic carbocycles. The smallest absolute Gasteiger partial charge is 0.339 e. The maximum Gasteiger partial charge on any atom is 0.339 e. The Balaban J connectivity index is 1.13. The Morgan fingerprint density at radius 3 is 1.83 bits per heavy atom. The lowest BCUT2D eigenvalue weighted by atomic mass is 10.1. The molecule has 0 aromatic heterocycles. The standard InChI is InChI=1S/C35H28N6O10S3/c1-22-3-16-31(17-4-22)54(49,50)51-29-14-10-27(11-15-29)36-38-32-20-7-25(21-33(32)53(46,47)48)24-5-8-26(9-6-24)37-39-34-23(2)40-41(35(34)42)28-12-18-30(19-13-28)52(43,44)45/h3-21,34H,1-2H3,(H,43,44,45)(H,46,47,48). The van der Waals surface area contributed by atoms with Gasteiger partial charge in [-0.05, 0) is 110 Å². The lowest BCUT2D eigenvalue weighted by Gasteiger charge is -2.12. The van der Waals surface area contributed by atoms with Crippen LogP contribution in [0.1, 0.15) is 12.5 Å². The summed E-state index contributed by atoms with van der Waals surface area (Å²) >= 11 is 0. The van der Waals surface area contributed by atoms with E-state index in [9.17, 15) is 39.2 Å². The van der Waals surface area contributed by atoms with E-state index in [1.807, 2.05) is 6.92 Å². The lowest BCUT2D eigenvalue weighted by molar-refractivity contribution is -0.117. The Hall–Kier alpha value is -5.99. The monoisotopic (exact) mass is 788 g/mol. The first-order valence-corrected chi connectivity index (χ1v) is 19.9. The van der Waals surface area contributed by atoms with Crippen molar-refractivity contribution in [3.8, 4) is 16.9 Å². The maximum absolute atomic E-state index is 13.0. The number of anilines is 1. The predicted molar refractivity (Wildman–Crippen MR) is 196 cm³/mol. The topological polar surface area (TPSA) is 234 Å². The molecule has 19 heteroatoms. The van der Waals surface area contributed by atoms with Crippen molar-refractivity contribution in [2.45, 2.75) is 34.6 Å². The number of azo groups is 2. The molecule has 1 amide bonds. The Morgan fingerprint density at radius 2 is 1.22 bits per heavy atom. The number of carbonyl (C=O) groups is 1. The summed E-state index contributed by atoms with van der Waals surface area (Å²) in [6, 6.07) is 26.2. The fourth-order valence-electron chi connectivity index (χ4n) is 5.02. The molecule has 1 unspecified atom stereocenters. The van der Waals surface area contributed by atoms with Crippen molar-refractivity contribution in [2.24, 2.45) is 25.6 Å². The SMILES string of the molecule is CC1=NN(c2ccc(S(=O)(=O)O)cc2)C(=O)C1N=Nc1ccc(-c2ccc(N=Nc3ccc(OS(=O)(=O)c4ccc(C)cc4)cc3)c(S(=O)(=O)O)c2)cc1. The number of hydrogen-bond donors (Lipinski definition) is 2. The number of benzene rings is 5. The molecule has 0 saturated heterocycles. The van der Waals surface area contributed by atoms with E-state index in [0.717, 1.165) is 22.7 Å². The van der Waals surface area contributed by atoms with Crippen LogP contribution in [0.2, 0.25) is 0 Å². The minimum atomic E-state index is -4.75. The van der Waals surface area contributed by atoms with Crippen LogP contribution in [0.15, 0.2) is 156 Å². The highest BCUT2D eigenvalue weighted by atomic mass is 32.2. The van der Waals surface area contributed by atoms with Crippen molar-refractivity contribution in [2.75, 3.05) is 5.01 Å². The van der Waals surface area contributed by atoms with Gasteiger partial charge >= 0.3 is 10.1 Å². The van der Waals surface area contributed by atoms with Gasteiger partial charge in [-0.3, -0.25) is 13.9 Å². The Kier molecular flexibility index (Phi) is 10.3. The molecule has 1 atom stereocenters. The number of nitrogens with zero attached hydrogens (tertiary/aromatic N) is 6.